The summed E-state index contributed by atoms with van der Waals surface area (Å²) >= 11 is 0. The number of benzene rings is 2. The summed E-state index contributed by atoms with van der Waals surface area (Å²) in [4.78, 5) is 11.0. The smallest absolute Gasteiger partial charge is 0.426 e. The minimum absolute atomic E-state index is 0.0577. The van der Waals surface area contributed by atoms with Crippen molar-refractivity contribution in [2.45, 2.75) is 60.1 Å². The van der Waals surface area contributed by atoms with Gasteiger partial charge in [-0.3, -0.25) is 4.79 Å². The fraction of sp³-hybridized carbons (Fsp3) is 0.500. The molecule has 0 spiro atoms. The fourth-order valence-electron chi connectivity index (χ4n) is 6.29. The van der Waals surface area contributed by atoms with Crippen LogP contribution in [0.1, 0.15) is 42.9 Å². The number of fused-ring (bicyclic) bond motifs is 3. The average molecular weight is 623 g/mol. The topological polar surface area (TPSA) is 112 Å². The van der Waals surface area contributed by atoms with Crippen LogP contribution < -0.4 is 0 Å². The normalized spacial score (nSPS) is 26.0. The Morgan fingerprint density at radius 3 is 2.15 bits per heavy atom. The minimum atomic E-state index is -5.26. The van der Waals surface area contributed by atoms with Crippen LogP contribution in [0.2, 0.25) is 0 Å². The van der Waals surface area contributed by atoms with Crippen molar-refractivity contribution >= 4 is 26.0 Å². The molecule has 3 aliphatic rings. The highest BCUT2D eigenvalue weighted by atomic mass is 32.2. The molecule has 2 aromatic rings. The first-order valence-electron chi connectivity index (χ1n) is 12.8. The molecular weight excluding hydrogens is 595 g/mol. The minimum Gasteiger partial charge on any atom is -0.481 e. The lowest BCUT2D eigenvalue weighted by Gasteiger charge is -2.36. The van der Waals surface area contributed by atoms with E-state index in [4.69, 9.17) is 0 Å². The third kappa shape index (κ3) is 4.46. The van der Waals surface area contributed by atoms with Crippen LogP contribution in [-0.2, 0) is 41.7 Å². The van der Waals surface area contributed by atoms with E-state index in [9.17, 15) is 48.7 Å². The highest BCUT2D eigenvalue weighted by molar-refractivity contribution is 7.92. The van der Waals surface area contributed by atoms with Gasteiger partial charge in [0.2, 0.25) is 5.67 Å². The lowest BCUT2D eigenvalue weighted by Crippen LogP contribution is -2.53. The maximum Gasteiger partial charge on any atom is 0.426 e. The zero-order valence-electron chi connectivity index (χ0n) is 21.7. The predicted octanol–water partition coefficient (Wildman–Crippen LogP) is 3.91. The molecular formula is C26H27F5N2O6S2. The molecule has 15 heteroatoms. The fourth-order valence-corrected chi connectivity index (χ4v) is 10.6. The van der Waals surface area contributed by atoms with Crippen LogP contribution in [-0.4, -0.2) is 68.4 Å². The van der Waals surface area contributed by atoms with Crippen molar-refractivity contribution < 1.29 is 48.7 Å². The van der Waals surface area contributed by atoms with E-state index in [2.05, 4.69) is 0 Å². The van der Waals surface area contributed by atoms with Crippen LogP contribution in [0.3, 0.4) is 0 Å². The number of carboxylic acid groups (broad SMARTS) is 1. The molecule has 0 aromatic heterocycles. The van der Waals surface area contributed by atoms with Gasteiger partial charge in [0.1, 0.15) is 10.6 Å². The zero-order valence-corrected chi connectivity index (χ0v) is 23.4. The molecule has 2 saturated heterocycles. The van der Waals surface area contributed by atoms with Crippen LogP contribution in [0.4, 0.5) is 22.0 Å². The van der Waals surface area contributed by atoms with Crippen LogP contribution in [0, 0.1) is 11.7 Å². The SMILES string of the molecule is CC(F)(c1ccc2c(c1)CC1N(S(=O)(=O)N3CCC(C(=O)O)CC3)CCC21S(=O)(=O)c1ccc(F)cc1)C(F)(F)F. The summed E-state index contributed by atoms with van der Waals surface area (Å²) in [5, 5.41) is 9.28. The number of carboxylic acids is 1. The Hall–Kier alpha value is -2.62. The second-order valence-electron chi connectivity index (χ2n) is 10.8. The van der Waals surface area contributed by atoms with Gasteiger partial charge in [-0.05, 0) is 73.6 Å². The van der Waals surface area contributed by atoms with Crippen molar-refractivity contribution in [3.63, 3.8) is 0 Å². The Bertz CT molecular complexity index is 1590. The molecule has 0 bridgehead atoms. The lowest BCUT2D eigenvalue weighted by molar-refractivity contribution is -0.228. The van der Waals surface area contributed by atoms with E-state index in [1.54, 1.807) is 0 Å². The molecule has 41 heavy (non-hydrogen) atoms. The molecule has 0 amide bonds. The highest BCUT2D eigenvalue weighted by Crippen LogP contribution is 2.56. The number of carbonyl (C=O) groups is 1. The van der Waals surface area contributed by atoms with Gasteiger partial charge in [0.25, 0.3) is 10.2 Å². The Labute approximate surface area is 233 Å². The molecule has 1 N–H and O–H groups in total. The van der Waals surface area contributed by atoms with Gasteiger partial charge in [0.15, 0.2) is 9.84 Å². The Morgan fingerprint density at radius 2 is 1.59 bits per heavy atom. The van der Waals surface area contributed by atoms with E-state index in [1.165, 1.54) is 0 Å². The summed E-state index contributed by atoms with van der Waals surface area (Å²) in [6.07, 6.45) is -5.70. The quantitative estimate of drug-likeness (QED) is 0.386. The molecule has 1 aliphatic carbocycles. The third-order valence-electron chi connectivity index (χ3n) is 8.67. The number of sulfone groups is 1. The largest absolute Gasteiger partial charge is 0.481 e. The van der Waals surface area contributed by atoms with Gasteiger partial charge in [-0.15, -0.1) is 0 Å². The molecule has 0 radical (unpaired) electrons. The van der Waals surface area contributed by atoms with Gasteiger partial charge in [-0.2, -0.15) is 30.2 Å². The van der Waals surface area contributed by atoms with E-state index in [1.807, 2.05) is 0 Å². The van der Waals surface area contributed by atoms with Crippen LogP contribution >= 0.6 is 0 Å². The predicted molar refractivity (Wildman–Crippen MR) is 136 cm³/mol. The van der Waals surface area contributed by atoms with Crippen molar-refractivity contribution in [1.82, 2.24) is 8.61 Å². The molecule has 224 valence electrons. The first kappa shape index (κ1) is 29.9. The van der Waals surface area contributed by atoms with Crippen LogP contribution in [0.5, 0.6) is 0 Å². The Morgan fingerprint density at radius 1 is 0.976 bits per heavy atom. The van der Waals surface area contributed by atoms with Gasteiger partial charge in [-0.25, -0.2) is 17.2 Å². The summed E-state index contributed by atoms with van der Waals surface area (Å²) in [6.45, 7) is -0.101. The Balaban J connectivity index is 1.61. The van der Waals surface area contributed by atoms with Crippen molar-refractivity contribution in [3.8, 4) is 0 Å². The second kappa shape index (κ2) is 9.71. The molecule has 2 fully saturated rings. The summed E-state index contributed by atoms with van der Waals surface area (Å²) in [5.74, 6) is -2.48. The molecule has 0 saturated carbocycles. The molecule has 3 unspecified atom stereocenters. The Kier molecular flexibility index (Phi) is 7.07. The summed E-state index contributed by atoms with van der Waals surface area (Å²) < 4.78 is 125. The average Bonchev–Trinajstić information content (AvgIpc) is 3.44. The summed E-state index contributed by atoms with van der Waals surface area (Å²) in [6, 6.07) is 5.58. The number of piperidine rings is 1. The molecule has 2 aromatic carbocycles. The number of nitrogens with zero attached hydrogens (tertiary/aromatic N) is 2. The van der Waals surface area contributed by atoms with Gasteiger partial charge >= 0.3 is 12.1 Å². The second-order valence-corrected chi connectivity index (χ2v) is 14.9. The zero-order chi connectivity index (χ0) is 30.2. The lowest BCUT2D eigenvalue weighted by atomic mass is 9.91. The van der Waals surface area contributed by atoms with Crippen LogP contribution in [0.15, 0.2) is 47.4 Å². The number of rotatable bonds is 6. The number of hydrogen-bond donors (Lipinski definition) is 1. The van der Waals surface area contributed by atoms with Gasteiger partial charge in [0, 0.05) is 19.6 Å². The molecule has 8 nitrogen and oxygen atoms in total. The number of alkyl halides is 4. The van der Waals surface area contributed by atoms with E-state index in [0.717, 1.165) is 51.1 Å². The van der Waals surface area contributed by atoms with Crippen LogP contribution in [0.25, 0.3) is 0 Å². The third-order valence-corrected chi connectivity index (χ3v) is 13.3. The highest BCUT2D eigenvalue weighted by Gasteiger charge is 2.65. The van der Waals surface area contributed by atoms with Gasteiger partial charge in [0.05, 0.1) is 16.9 Å². The van der Waals surface area contributed by atoms with Crippen molar-refractivity contribution in [2.24, 2.45) is 5.92 Å². The molecule has 2 heterocycles. The van der Waals surface area contributed by atoms with E-state index < -0.39 is 65.9 Å². The summed E-state index contributed by atoms with van der Waals surface area (Å²) in [7, 11) is -8.81. The van der Waals surface area contributed by atoms with E-state index >= 15 is 0 Å². The van der Waals surface area contributed by atoms with Gasteiger partial charge < -0.3 is 5.11 Å². The number of halogens is 5. The maximum absolute atomic E-state index is 14.9. The standard InChI is InChI=1S/C26H27F5N2O6S2/c1-24(28,26(29,30)31)18-2-7-21-17(14-18)15-22-25(21,40(36,37)20-5-3-19(27)4-6-20)10-13-33(22)41(38,39)32-11-8-16(9-12-32)23(34)35/h2-7,14,16,22H,8-13,15H2,1H3,(H,34,35). The number of hydrogen-bond acceptors (Lipinski definition) is 5. The van der Waals surface area contributed by atoms with E-state index in [0.29, 0.717) is 6.92 Å². The van der Waals surface area contributed by atoms with Crippen molar-refractivity contribution in [1.29, 1.82) is 0 Å². The monoisotopic (exact) mass is 622 g/mol. The first-order valence-corrected chi connectivity index (χ1v) is 15.7. The van der Waals surface area contributed by atoms with Crippen molar-refractivity contribution in [3.05, 3.63) is 65.0 Å². The van der Waals surface area contributed by atoms with Gasteiger partial charge in [-0.1, -0.05) is 18.2 Å². The maximum atomic E-state index is 14.9. The molecule has 5 rings (SSSR count). The summed E-state index contributed by atoms with van der Waals surface area (Å²) in [5.41, 5.74) is -4.36. The first-order chi connectivity index (χ1) is 18.9. The van der Waals surface area contributed by atoms with E-state index in [-0.39, 0.29) is 61.3 Å². The number of aliphatic carboxylic acids is 1. The molecule has 2 aliphatic heterocycles. The molecule has 3 atom stereocenters. The van der Waals surface area contributed by atoms with Crippen molar-refractivity contribution in [2.75, 3.05) is 19.6 Å².